The van der Waals surface area contributed by atoms with Crippen LogP contribution in [0.2, 0.25) is 0 Å². The molecule has 0 radical (unpaired) electrons. The number of nitrogens with one attached hydrogen (secondary N) is 2. The molecule has 2 amide bonds. The van der Waals surface area contributed by atoms with Crippen LogP contribution in [0.3, 0.4) is 0 Å². The molecule has 7 heteroatoms. The van der Waals surface area contributed by atoms with Crippen LogP contribution in [-0.4, -0.2) is 22.9 Å². The zero-order valence-electron chi connectivity index (χ0n) is 26.8. The molecule has 0 aliphatic rings. The van der Waals surface area contributed by atoms with Crippen LogP contribution in [0.4, 0.5) is 11.4 Å². The lowest BCUT2D eigenvalue weighted by Gasteiger charge is -2.13. The molecule has 0 unspecified atom stereocenters. The molecule has 0 saturated carbocycles. The molecule has 0 atom stereocenters. The van der Waals surface area contributed by atoms with E-state index in [9.17, 15) is 19.5 Å². The van der Waals surface area contributed by atoms with Crippen LogP contribution in [0.15, 0.2) is 72.8 Å². The van der Waals surface area contributed by atoms with Crippen molar-refractivity contribution in [1.29, 1.82) is 0 Å². The molecule has 3 rings (SSSR count). The number of ether oxygens (including phenoxy) is 1. The Hall–Kier alpha value is -4.13. The highest BCUT2D eigenvalue weighted by Gasteiger charge is 2.15. The Kier molecular flexibility index (Phi) is 16.3. The summed E-state index contributed by atoms with van der Waals surface area (Å²) in [5.74, 6) is -0.690. The zero-order chi connectivity index (χ0) is 32.1. The van der Waals surface area contributed by atoms with Gasteiger partial charge in [0.2, 0.25) is 5.91 Å². The molecule has 0 aromatic heterocycles. The Balaban J connectivity index is 1.33. The second-order valence-electron chi connectivity index (χ2n) is 11.7. The van der Waals surface area contributed by atoms with E-state index in [2.05, 4.69) is 17.6 Å². The van der Waals surface area contributed by atoms with Crippen LogP contribution >= 0.6 is 0 Å². The standard InChI is InChI=1S/C38H50N2O5/c1-2-3-4-5-6-7-8-9-10-11-12-13-14-15-19-22-36(41)39-32-26-23-30(24-27-32)37(42)40-34-29-31(38(43)44)25-28-35(34)45-33-20-17-16-18-21-33/h16-18,20-21,23-29H,2-15,19,22H2,1H3,(H,39,41)(H,40,42)(H,43,44). The van der Waals surface area contributed by atoms with Crippen molar-refractivity contribution in [3.8, 4) is 11.5 Å². The fourth-order valence-corrected chi connectivity index (χ4v) is 5.24. The summed E-state index contributed by atoms with van der Waals surface area (Å²) in [5.41, 5.74) is 1.25. The number of benzene rings is 3. The number of aromatic carboxylic acids is 1. The molecule has 0 saturated heterocycles. The van der Waals surface area contributed by atoms with Crippen LogP contribution < -0.4 is 15.4 Å². The second-order valence-corrected chi connectivity index (χ2v) is 11.7. The van der Waals surface area contributed by atoms with E-state index in [0.29, 0.717) is 29.2 Å². The average Bonchev–Trinajstić information content (AvgIpc) is 3.04. The van der Waals surface area contributed by atoms with Crippen LogP contribution in [0.5, 0.6) is 11.5 Å². The number of anilines is 2. The van der Waals surface area contributed by atoms with Gasteiger partial charge in [-0.1, -0.05) is 115 Å². The first-order valence-corrected chi connectivity index (χ1v) is 16.8. The highest BCUT2D eigenvalue weighted by atomic mass is 16.5. The number of carbonyl (C=O) groups is 3. The molecule has 45 heavy (non-hydrogen) atoms. The van der Waals surface area contributed by atoms with Crippen molar-refractivity contribution >= 4 is 29.2 Å². The molecule has 0 heterocycles. The summed E-state index contributed by atoms with van der Waals surface area (Å²) in [6.45, 7) is 2.26. The van der Waals surface area contributed by atoms with E-state index in [0.717, 1.165) is 12.8 Å². The zero-order valence-corrected chi connectivity index (χ0v) is 26.8. The van der Waals surface area contributed by atoms with Gasteiger partial charge in [-0.25, -0.2) is 4.79 Å². The lowest BCUT2D eigenvalue weighted by molar-refractivity contribution is -0.116. The molecule has 0 fully saturated rings. The predicted molar refractivity (Wildman–Crippen MR) is 182 cm³/mol. The van der Waals surface area contributed by atoms with Gasteiger partial charge in [-0.15, -0.1) is 0 Å². The van der Waals surface area contributed by atoms with Crippen molar-refractivity contribution in [2.45, 2.75) is 110 Å². The van der Waals surface area contributed by atoms with E-state index in [1.54, 1.807) is 36.4 Å². The Labute approximate surface area is 268 Å². The predicted octanol–water partition coefficient (Wildman–Crippen LogP) is 10.6. The van der Waals surface area contributed by atoms with E-state index in [4.69, 9.17) is 4.74 Å². The number of para-hydroxylation sites is 1. The van der Waals surface area contributed by atoms with Gasteiger partial charge in [-0.05, 0) is 61.0 Å². The summed E-state index contributed by atoms with van der Waals surface area (Å²) in [7, 11) is 0. The fourth-order valence-electron chi connectivity index (χ4n) is 5.24. The smallest absolute Gasteiger partial charge is 0.335 e. The van der Waals surface area contributed by atoms with Crippen molar-refractivity contribution in [2.24, 2.45) is 0 Å². The quantitative estimate of drug-likeness (QED) is 0.0977. The minimum atomic E-state index is -1.11. The molecule has 0 bridgehead atoms. The molecular formula is C38H50N2O5. The van der Waals surface area contributed by atoms with E-state index in [1.165, 1.54) is 102 Å². The first-order valence-electron chi connectivity index (χ1n) is 16.8. The van der Waals surface area contributed by atoms with Crippen LogP contribution in [-0.2, 0) is 4.79 Å². The third kappa shape index (κ3) is 14.0. The molecular weight excluding hydrogens is 564 g/mol. The largest absolute Gasteiger partial charge is 0.478 e. The third-order valence-electron chi connectivity index (χ3n) is 7.88. The second kappa shape index (κ2) is 20.8. The maximum absolute atomic E-state index is 13.0. The number of carboxylic acids is 1. The topological polar surface area (TPSA) is 105 Å². The van der Waals surface area contributed by atoms with Gasteiger partial charge in [0.05, 0.1) is 11.3 Å². The minimum absolute atomic E-state index is 0.0258. The van der Waals surface area contributed by atoms with E-state index >= 15 is 0 Å². The first kappa shape index (κ1) is 35.4. The molecule has 0 aliphatic carbocycles. The third-order valence-corrected chi connectivity index (χ3v) is 7.88. The monoisotopic (exact) mass is 614 g/mol. The number of hydrogen-bond acceptors (Lipinski definition) is 4. The van der Waals surface area contributed by atoms with E-state index < -0.39 is 11.9 Å². The number of amides is 2. The van der Waals surface area contributed by atoms with Crippen molar-refractivity contribution < 1.29 is 24.2 Å². The van der Waals surface area contributed by atoms with Crippen molar-refractivity contribution in [3.05, 3.63) is 83.9 Å². The molecule has 0 aliphatic heterocycles. The summed E-state index contributed by atoms with van der Waals surface area (Å²) < 4.78 is 5.88. The van der Waals surface area contributed by atoms with Gasteiger partial charge < -0.3 is 20.5 Å². The minimum Gasteiger partial charge on any atom is -0.478 e. The van der Waals surface area contributed by atoms with Gasteiger partial charge in [0, 0.05) is 17.7 Å². The Morgan fingerprint density at radius 1 is 0.622 bits per heavy atom. The number of hydrogen-bond donors (Lipinski definition) is 3. The number of unbranched alkanes of at least 4 members (excludes halogenated alkanes) is 14. The van der Waals surface area contributed by atoms with E-state index in [1.807, 2.05) is 18.2 Å². The molecule has 3 aromatic carbocycles. The van der Waals surface area contributed by atoms with Gasteiger partial charge in [0.1, 0.15) is 5.75 Å². The number of carboxylic acid groups (broad SMARTS) is 1. The Bertz CT molecular complexity index is 1310. The Morgan fingerprint density at radius 2 is 1.16 bits per heavy atom. The lowest BCUT2D eigenvalue weighted by atomic mass is 10.0. The Morgan fingerprint density at radius 3 is 1.71 bits per heavy atom. The lowest BCUT2D eigenvalue weighted by Crippen LogP contribution is -2.14. The average molecular weight is 615 g/mol. The highest BCUT2D eigenvalue weighted by molar-refractivity contribution is 6.06. The van der Waals surface area contributed by atoms with Crippen molar-refractivity contribution in [1.82, 2.24) is 0 Å². The highest BCUT2D eigenvalue weighted by Crippen LogP contribution is 2.31. The maximum Gasteiger partial charge on any atom is 0.335 e. The normalized spacial score (nSPS) is 10.8. The van der Waals surface area contributed by atoms with Gasteiger partial charge in [-0.3, -0.25) is 9.59 Å². The summed E-state index contributed by atoms with van der Waals surface area (Å²) in [4.78, 5) is 36.9. The van der Waals surface area contributed by atoms with E-state index in [-0.39, 0.29) is 17.2 Å². The van der Waals surface area contributed by atoms with Crippen LogP contribution in [0, 0.1) is 0 Å². The van der Waals surface area contributed by atoms with Gasteiger partial charge in [-0.2, -0.15) is 0 Å². The fraction of sp³-hybridized carbons (Fsp3) is 0.447. The number of carbonyl (C=O) groups excluding carboxylic acids is 2. The number of rotatable bonds is 22. The molecule has 242 valence electrons. The van der Waals surface area contributed by atoms with Crippen LogP contribution in [0.25, 0.3) is 0 Å². The summed E-state index contributed by atoms with van der Waals surface area (Å²) >= 11 is 0. The summed E-state index contributed by atoms with van der Waals surface area (Å²) in [5, 5.41) is 15.1. The maximum atomic E-state index is 13.0. The van der Waals surface area contributed by atoms with Crippen molar-refractivity contribution in [3.63, 3.8) is 0 Å². The van der Waals surface area contributed by atoms with Gasteiger partial charge in [0.25, 0.3) is 5.91 Å². The summed E-state index contributed by atoms with van der Waals surface area (Å²) in [6, 6.07) is 20.0. The molecule has 7 nitrogen and oxygen atoms in total. The van der Waals surface area contributed by atoms with Crippen LogP contribution in [0.1, 0.15) is 130 Å². The molecule has 3 aromatic rings. The SMILES string of the molecule is CCCCCCCCCCCCCCCCCC(=O)Nc1ccc(C(=O)Nc2cc(C(=O)O)ccc2Oc2ccccc2)cc1. The molecule has 3 N–H and O–H groups in total. The van der Waals surface area contributed by atoms with Gasteiger partial charge >= 0.3 is 5.97 Å². The first-order chi connectivity index (χ1) is 22.0. The molecule has 0 spiro atoms. The van der Waals surface area contributed by atoms with Crippen molar-refractivity contribution in [2.75, 3.05) is 10.6 Å². The summed E-state index contributed by atoms with van der Waals surface area (Å²) in [6.07, 6.45) is 19.8. The van der Waals surface area contributed by atoms with Gasteiger partial charge in [0.15, 0.2) is 5.75 Å².